The molecule has 1 aliphatic heterocycles. The molecular formula is C12H21ClN2OS. The van der Waals surface area contributed by atoms with Gasteiger partial charge in [0.2, 0.25) is 0 Å². The molecule has 0 amide bonds. The molecule has 1 unspecified atom stereocenters. The number of thiazole rings is 1. The van der Waals surface area contributed by atoms with E-state index in [4.69, 9.17) is 4.74 Å². The molecule has 1 aliphatic rings. The fraction of sp³-hybridized carbons (Fsp3) is 0.750. The Balaban J connectivity index is 0.00000144. The fourth-order valence-corrected chi connectivity index (χ4v) is 2.66. The summed E-state index contributed by atoms with van der Waals surface area (Å²) in [6.45, 7) is 4.02. The molecule has 0 bridgehead atoms. The van der Waals surface area contributed by atoms with Crippen LogP contribution in [0.2, 0.25) is 0 Å². The van der Waals surface area contributed by atoms with Crippen LogP contribution in [0, 0.1) is 5.92 Å². The van der Waals surface area contributed by atoms with Gasteiger partial charge >= 0.3 is 0 Å². The van der Waals surface area contributed by atoms with E-state index in [-0.39, 0.29) is 12.4 Å². The fourth-order valence-electron chi connectivity index (χ4n) is 2.13. The Hall–Kier alpha value is -0.160. The van der Waals surface area contributed by atoms with E-state index in [1.54, 1.807) is 11.3 Å². The first-order chi connectivity index (χ1) is 7.95. The Morgan fingerprint density at radius 2 is 2.47 bits per heavy atom. The largest absolute Gasteiger partial charge is 0.376 e. The summed E-state index contributed by atoms with van der Waals surface area (Å²) in [7, 11) is 0. The molecule has 1 aromatic rings. The third-order valence-corrected chi connectivity index (χ3v) is 3.78. The summed E-state index contributed by atoms with van der Waals surface area (Å²) in [6, 6.07) is 0. The van der Waals surface area contributed by atoms with Gasteiger partial charge in [-0.3, -0.25) is 4.98 Å². The van der Waals surface area contributed by atoms with Crippen LogP contribution in [0.1, 0.15) is 30.6 Å². The Morgan fingerprint density at radius 3 is 3.18 bits per heavy atom. The molecule has 2 rings (SSSR count). The van der Waals surface area contributed by atoms with Crippen molar-refractivity contribution in [2.75, 3.05) is 19.7 Å². The summed E-state index contributed by atoms with van der Waals surface area (Å²) >= 11 is 1.66. The van der Waals surface area contributed by atoms with Crippen molar-refractivity contribution in [1.82, 2.24) is 10.3 Å². The van der Waals surface area contributed by atoms with E-state index in [1.807, 2.05) is 11.7 Å². The number of ether oxygens (including phenoxy) is 1. The highest BCUT2D eigenvalue weighted by Crippen LogP contribution is 2.16. The monoisotopic (exact) mass is 276 g/mol. The van der Waals surface area contributed by atoms with Gasteiger partial charge in [-0.2, -0.15) is 0 Å². The molecule has 17 heavy (non-hydrogen) atoms. The van der Waals surface area contributed by atoms with Crippen molar-refractivity contribution in [1.29, 1.82) is 0 Å². The number of halogens is 1. The molecule has 0 spiro atoms. The molecule has 0 aromatic carbocycles. The predicted octanol–water partition coefficient (Wildman–Crippen LogP) is 2.86. The van der Waals surface area contributed by atoms with Crippen LogP contribution in [0.15, 0.2) is 11.7 Å². The Labute approximate surface area is 113 Å². The summed E-state index contributed by atoms with van der Waals surface area (Å²) < 4.78 is 5.62. The first-order valence-corrected chi connectivity index (χ1v) is 6.99. The number of hydrogen-bond acceptors (Lipinski definition) is 4. The Kier molecular flexibility index (Phi) is 7.77. The van der Waals surface area contributed by atoms with E-state index >= 15 is 0 Å². The van der Waals surface area contributed by atoms with Crippen LogP contribution in [0.25, 0.3) is 0 Å². The van der Waals surface area contributed by atoms with Gasteiger partial charge in [0.05, 0.1) is 17.0 Å². The maximum absolute atomic E-state index is 5.62. The van der Waals surface area contributed by atoms with Crippen LogP contribution in [-0.2, 0) is 11.3 Å². The topological polar surface area (TPSA) is 34.1 Å². The van der Waals surface area contributed by atoms with Crippen LogP contribution >= 0.6 is 23.7 Å². The molecule has 3 nitrogen and oxygen atoms in total. The van der Waals surface area contributed by atoms with Crippen LogP contribution in [-0.4, -0.2) is 24.7 Å². The third kappa shape index (κ3) is 5.82. The summed E-state index contributed by atoms with van der Waals surface area (Å²) in [6.07, 6.45) is 7.10. The van der Waals surface area contributed by atoms with Crippen molar-refractivity contribution in [2.45, 2.75) is 32.3 Å². The van der Waals surface area contributed by atoms with Gasteiger partial charge in [0.15, 0.2) is 0 Å². The van der Waals surface area contributed by atoms with Crippen molar-refractivity contribution in [2.24, 2.45) is 5.92 Å². The van der Waals surface area contributed by atoms with E-state index in [0.29, 0.717) is 0 Å². The second-order valence-corrected chi connectivity index (χ2v) is 5.35. The molecule has 0 saturated carbocycles. The zero-order valence-corrected chi connectivity index (χ0v) is 11.7. The van der Waals surface area contributed by atoms with Gasteiger partial charge in [0, 0.05) is 12.8 Å². The Bertz CT molecular complexity index is 276. The highest BCUT2D eigenvalue weighted by atomic mass is 35.5. The van der Waals surface area contributed by atoms with Crippen molar-refractivity contribution in [3.8, 4) is 0 Å². The number of piperidine rings is 1. The average Bonchev–Trinajstić information content (AvgIpc) is 2.83. The maximum Gasteiger partial charge on any atom is 0.0825 e. The molecule has 1 atom stereocenters. The maximum atomic E-state index is 5.62. The molecule has 1 fully saturated rings. The molecule has 1 aromatic heterocycles. The molecule has 0 radical (unpaired) electrons. The zero-order valence-electron chi connectivity index (χ0n) is 10.1. The second-order valence-electron chi connectivity index (χ2n) is 4.37. The third-order valence-electron chi connectivity index (χ3n) is 3.03. The van der Waals surface area contributed by atoms with Crippen molar-refractivity contribution in [3.05, 3.63) is 16.6 Å². The van der Waals surface area contributed by atoms with E-state index < -0.39 is 0 Å². The molecule has 5 heteroatoms. The normalized spacial score (nSPS) is 19.9. The SMILES string of the molecule is Cl.c1ncc(COCCCC2CCCNC2)s1. The highest BCUT2D eigenvalue weighted by Gasteiger charge is 2.11. The van der Waals surface area contributed by atoms with E-state index in [0.717, 1.165) is 19.1 Å². The van der Waals surface area contributed by atoms with Gasteiger partial charge < -0.3 is 10.1 Å². The van der Waals surface area contributed by atoms with Gasteiger partial charge in [0.25, 0.3) is 0 Å². The van der Waals surface area contributed by atoms with Crippen LogP contribution in [0.4, 0.5) is 0 Å². The first kappa shape index (κ1) is 14.9. The van der Waals surface area contributed by atoms with Gasteiger partial charge in [0.1, 0.15) is 0 Å². The minimum Gasteiger partial charge on any atom is -0.376 e. The first-order valence-electron chi connectivity index (χ1n) is 6.11. The molecule has 98 valence electrons. The standard InChI is InChI=1S/C12H20N2OS.ClH/c1-3-11(7-13-5-1)4-2-6-15-9-12-8-14-10-16-12;/h8,10-11,13H,1-7,9H2;1H. The van der Waals surface area contributed by atoms with Crippen LogP contribution in [0.3, 0.4) is 0 Å². The minimum atomic E-state index is 0. The molecule has 1 N–H and O–H groups in total. The van der Waals surface area contributed by atoms with Crippen molar-refractivity contribution in [3.63, 3.8) is 0 Å². The van der Waals surface area contributed by atoms with Gasteiger partial charge in [-0.1, -0.05) is 0 Å². The lowest BCUT2D eigenvalue weighted by molar-refractivity contribution is 0.114. The molecular weight excluding hydrogens is 256 g/mol. The predicted molar refractivity (Wildman–Crippen MR) is 73.8 cm³/mol. The van der Waals surface area contributed by atoms with E-state index in [2.05, 4.69) is 10.3 Å². The smallest absolute Gasteiger partial charge is 0.0825 e. The van der Waals surface area contributed by atoms with E-state index in [1.165, 1.54) is 43.6 Å². The highest BCUT2D eigenvalue weighted by molar-refractivity contribution is 7.09. The molecule has 2 heterocycles. The lowest BCUT2D eigenvalue weighted by Gasteiger charge is -2.22. The lowest BCUT2D eigenvalue weighted by Crippen LogP contribution is -2.29. The van der Waals surface area contributed by atoms with E-state index in [9.17, 15) is 0 Å². The quantitative estimate of drug-likeness (QED) is 0.812. The van der Waals surface area contributed by atoms with Crippen LogP contribution in [0.5, 0.6) is 0 Å². The van der Waals surface area contributed by atoms with Gasteiger partial charge in [-0.05, 0) is 44.7 Å². The van der Waals surface area contributed by atoms with Crippen molar-refractivity contribution < 1.29 is 4.74 Å². The summed E-state index contributed by atoms with van der Waals surface area (Å²) in [5.74, 6) is 0.876. The number of rotatable bonds is 6. The minimum absolute atomic E-state index is 0. The summed E-state index contributed by atoms with van der Waals surface area (Å²) in [5.41, 5.74) is 1.85. The number of hydrogen-bond donors (Lipinski definition) is 1. The number of nitrogens with one attached hydrogen (secondary N) is 1. The summed E-state index contributed by atoms with van der Waals surface area (Å²) in [5, 5.41) is 3.45. The average molecular weight is 277 g/mol. The lowest BCUT2D eigenvalue weighted by atomic mass is 9.95. The summed E-state index contributed by atoms with van der Waals surface area (Å²) in [4.78, 5) is 5.25. The Morgan fingerprint density at radius 1 is 1.53 bits per heavy atom. The zero-order chi connectivity index (χ0) is 11.1. The number of aromatic nitrogens is 1. The molecule has 1 saturated heterocycles. The second kappa shape index (κ2) is 8.86. The number of nitrogens with zero attached hydrogens (tertiary/aromatic N) is 1. The van der Waals surface area contributed by atoms with Gasteiger partial charge in [-0.15, -0.1) is 23.7 Å². The van der Waals surface area contributed by atoms with Gasteiger partial charge in [-0.25, -0.2) is 0 Å². The van der Waals surface area contributed by atoms with Crippen LogP contribution < -0.4 is 5.32 Å². The van der Waals surface area contributed by atoms with Crippen molar-refractivity contribution >= 4 is 23.7 Å². The molecule has 0 aliphatic carbocycles.